The van der Waals surface area contributed by atoms with E-state index >= 15 is 0 Å². The summed E-state index contributed by atoms with van der Waals surface area (Å²) in [5.41, 5.74) is 3.83. The van der Waals surface area contributed by atoms with Crippen LogP contribution in [0.3, 0.4) is 0 Å². The lowest BCUT2D eigenvalue weighted by molar-refractivity contribution is -0.142. The van der Waals surface area contributed by atoms with Crippen molar-refractivity contribution in [3.63, 3.8) is 0 Å². The summed E-state index contributed by atoms with van der Waals surface area (Å²) in [5, 5.41) is 30.0. The molecule has 0 bridgehead atoms. The quantitative estimate of drug-likeness (QED) is 0.0703. The molecule has 0 unspecified atom stereocenters. The SMILES string of the molecule is CC(C)C[C@H](NC(=O)[C@H](Cc1ccccc1)NC(=O)CNC(=O)CNC(=O)[C@H](Cc1ccc(O)cc1)N(CCc1ccccc1)CCc1ccccc1)C(=O)O. The number of hydrogen-bond donors (Lipinski definition) is 6. The topological polar surface area (TPSA) is 177 Å². The molecule has 0 aromatic heterocycles. The number of phenols is 1. The third-order valence-corrected chi connectivity index (χ3v) is 9.30. The van der Waals surface area contributed by atoms with Crippen LogP contribution in [0.1, 0.15) is 42.5 Å². The first-order valence-electron chi connectivity index (χ1n) is 19.0. The van der Waals surface area contributed by atoms with Crippen LogP contribution in [0.2, 0.25) is 0 Å². The number of carbonyl (C=O) groups excluding carboxylic acids is 4. The normalized spacial score (nSPS) is 12.6. The molecule has 0 fully saturated rings. The van der Waals surface area contributed by atoms with E-state index in [9.17, 15) is 34.2 Å². The molecule has 4 amide bonds. The van der Waals surface area contributed by atoms with Gasteiger partial charge in [0.05, 0.1) is 19.1 Å². The highest BCUT2D eigenvalue weighted by Crippen LogP contribution is 2.16. The van der Waals surface area contributed by atoms with Crippen LogP contribution >= 0.6 is 0 Å². The number of amides is 4. The average Bonchev–Trinajstić information content (AvgIpc) is 3.19. The largest absolute Gasteiger partial charge is 0.508 e. The molecule has 4 aromatic rings. The molecule has 0 heterocycles. The number of aliphatic carboxylic acids is 1. The van der Waals surface area contributed by atoms with Gasteiger partial charge in [-0.2, -0.15) is 0 Å². The Labute approximate surface area is 328 Å². The van der Waals surface area contributed by atoms with Crippen molar-refractivity contribution in [3.05, 3.63) is 138 Å². The molecule has 12 heteroatoms. The summed E-state index contributed by atoms with van der Waals surface area (Å²) < 4.78 is 0. The van der Waals surface area contributed by atoms with Gasteiger partial charge in [0.25, 0.3) is 0 Å². The lowest BCUT2D eigenvalue weighted by Crippen LogP contribution is -2.54. The van der Waals surface area contributed by atoms with E-state index in [2.05, 4.69) is 26.2 Å². The van der Waals surface area contributed by atoms with Crippen LogP contribution in [-0.4, -0.2) is 89.0 Å². The Morgan fingerprint density at radius 2 is 1.07 bits per heavy atom. The van der Waals surface area contributed by atoms with Gasteiger partial charge in [0, 0.05) is 19.5 Å². The van der Waals surface area contributed by atoms with Crippen LogP contribution in [0, 0.1) is 5.92 Å². The van der Waals surface area contributed by atoms with Crippen molar-refractivity contribution < 1.29 is 34.2 Å². The standard InChI is InChI=1S/C44H53N5O7/c1-31(2)26-38(44(55)56)48-42(53)37(27-34-16-10-5-11-17-34)47-41(52)30-45-40(51)29-46-43(54)39(28-35-18-20-36(50)21-19-35)49(24-22-32-12-6-3-7-13-32)25-23-33-14-8-4-9-15-33/h3-21,31,37-39,50H,22-30H2,1-2H3,(H,45,51)(H,46,54)(H,47,52)(H,48,53)(H,55,56)/t37-,38-,39-/m0/s1. The van der Waals surface area contributed by atoms with Gasteiger partial charge in [0.1, 0.15) is 17.8 Å². The lowest BCUT2D eigenvalue weighted by atomic mass is 10.0. The molecule has 6 N–H and O–H groups in total. The molecule has 0 aliphatic rings. The van der Waals surface area contributed by atoms with Crippen LogP contribution in [0.25, 0.3) is 0 Å². The van der Waals surface area contributed by atoms with Gasteiger partial charge in [-0.1, -0.05) is 117 Å². The number of carboxylic acid groups (broad SMARTS) is 1. The summed E-state index contributed by atoms with van der Waals surface area (Å²) in [6.45, 7) is 3.97. The Hall–Kier alpha value is -6.01. The summed E-state index contributed by atoms with van der Waals surface area (Å²) in [4.78, 5) is 67.3. The number of phenolic OH excluding ortho intramolecular Hbond substituents is 1. The fourth-order valence-corrected chi connectivity index (χ4v) is 6.30. The highest BCUT2D eigenvalue weighted by atomic mass is 16.4. The highest BCUT2D eigenvalue weighted by molar-refractivity contribution is 5.93. The molecule has 0 aliphatic heterocycles. The number of carboxylic acids is 1. The number of carbonyl (C=O) groups is 5. The second kappa shape index (κ2) is 22.4. The van der Waals surface area contributed by atoms with Gasteiger partial charge in [-0.25, -0.2) is 4.79 Å². The highest BCUT2D eigenvalue weighted by Gasteiger charge is 2.29. The third kappa shape index (κ3) is 15.0. The van der Waals surface area contributed by atoms with Crippen molar-refractivity contribution in [3.8, 4) is 5.75 Å². The van der Waals surface area contributed by atoms with Crippen molar-refractivity contribution in [1.82, 2.24) is 26.2 Å². The van der Waals surface area contributed by atoms with Gasteiger partial charge in [-0.05, 0) is 66.0 Å². The second-order valence-electron chi connectivity index (χ2n) is 14.2. The number of aromatic hydroxyl groups is 1. The molecule has 0 saturated carbocycles. The molecule has 3 atom stereocenters. The van der Waals surface area contributed by atoms with Gasteiger partial charge in [-0.15, -0.1) is 0 Å². The van der Waals surface area contributed by atoms with E-state index in [0.29, 0.717) is 32.4 Å². The molecule has 4 rings (SSSR count). The van der Waals surface area contributed by atoms with Crippen LogP contribution < -0.4 is 21.3 Å². The van der Waals surface area contributed by atoms with E-state index in [1.54, 1.807) is 48.5 Å². The van der Waals surface area contributed by atoms with Crippen molar-refractivity contribution in [2.45, 2.75) is 64.1 Å². The Morgan fingerprint density at radius 1 is 0.571 bits per heavy atom. The minimum atomic E-state index is -1.17. The van der Waals surface area contributed by atoms with Gasteiger partial charge in [0.2, 0.25) is 23.6 Å². The number of nitrogens with one attached hydrogen (secondary N) is 4. The molecular weight excluding hydrogens is 711 g/mol. The number of hydrogen-bond acceptors (Lipinski definition) is 7. The van der Waals surface area contributed by atoms with Crippen molar-refractivity contribution in [1.29, 1.82) is 0 Å². The van der Waals surface area contributed by atoms with E-state index in [-0.39, 0.29) is 30.4 Å². The van der Waals surface area contributed by atoms with Crippen LogP contribution in [0.15, 0.2) is 115 Å². The van der Waals surface area contributed by atoms with E-state index in [1.807, 2.05) is 80.6 Å². The molecule has 0 saturated heterocycles. The minimum Gasteiger partial charge on any atom is -0.508 e. The summed E-state index contributed by atoms with van der Waals surface area (Å²) in [6, 6.07) is 32.8. The van der Waals surface area contributed by atoms with E-state index in [4.69, 9.17) is 0 Å². The predicted octanol–water partition coefficient (Wildman–Crippen LogP) is 3.67. The van der Waals surface area contributed by atoms with E-state index in [1.165, 1.54) is 0 Å². The first-order chi connectivity index (χ1) is 27.0. The minimum absolute atomic E-state index is 0.00371. The fourth-order valence-electron chi connectivity index (χ4n) is 6.30. The zero-order valence-corrected chi connectivity index (χ0v) is 32.0. The molecule has 4 aromatic carbocycles. The molecule has 12 nitrogen and oxygen atoms in total. The zero-order valence-electron chi connectivity index (χ0n) is 32.0. The maximum Gasteiger partial charge on any atom is 0.326 e. The Kier molecular flexibility index (Phi) is 17.1. The summed E-state index contributed by atoms with van der Waals surface area (Å²) in [5.74, 6) is -3.34. The Bertz CT molecular complexity index is 1800. The molecule has 0 aliphatic carbocycles. The van der Waals surface area contributed by atoms with Crippen LogP contribution in [0.5, 0.6) is 5.75 Å². The van der Waals surface area contributed by atoms with Crippen molar-refractivity contribution >= 4 is 29.6 Å². The molecule has 296 valence electrons. The molecule has 0 radical (unpaired) electrons. The van der Waals surface area contributed by atoms with Gasteiger partial charge in [0.15, 0.2) is 0 Å². The predicted molar refractivity (Wildman–Crippen MR) is 215 cm³/mol. The molecule has 56 heavy (non-hydrogen) atoms. The number of nitrogens with zero attached hydrogens (tertiary/aromatic N) is 1. The maximum absolute atomic E-state index is 14.0. The van der Waals surface area contributed by atoms with Gasteiger partial charge in [-0.3, -0.25) is 24.1 Å². The third-order valence-electron chi connectivity index (χ3n) is 9.30. The van der Waals surface area contributed by atoms with E-state index in [0.717, 1.165) is 22.3 Å². The lowest BCUT2D eigenvalue weighted by Gasteiger charge is -2.31. The Morgan fingerprint density at radius 3 is 1.59 bits per heavy atom. The smallest absolute Gasteiger partial charge is 0.326 e. The molecule has 0 spiro atoms. The average molecular weight is 764 g/mol. The number of rotatable bonds is 22. The van der Waals surface area contributed by atoms with E-state index < -0.39 is 54.9 Å². The van der Waals surface area contributed by atoms with Crippen molar-refractivity contribution in [2.24, 2.45) is 5.92 Å². The van der Waals surface area contributed by atoms with Crippen molar-refractivity contribution in [2.75, 3.05) is 26.2 Å². The van der Waals surface area contributed by atoms with Gasteiger partial charge < -0.3 is 31.5 Å². The van der Waals surface area contributed by atoms with Crippen LogP contribution in [0.4, 0.5) is 0 Å². The first-order valence-corrected chi connectivity index (χ1v) is 19.0. The number of benzene rings is 4. The zero-order chi connectivity index (χ0) is 40.3. The molecular formula is C44H53N5O7. The Balaban J connectivity index is 1.41. The monoisotopic (exact) mass is 763 g/mol. The summed E-state index contributed by atoms with van der Waals surface area (Å²) in [7, 11) is 0. The fraction of sp³-hybridized carbons (Fsp3) is 0.341. The van der Waals surface area contributed by atoms with Crippen LogP contribution in [-0.2, 0) is 49.7 Å². The van der Waals surface area contributed by atoms with Gasteiger partial charge >= 0.3 is 5.97 Å². The maximum atomic E-state index is 14.0. The summed E-state index contributed by atoms with van der Waals surface area (Å²) >= 11 is 0. The summed E-state index contributed by atoms with van der Waals surface area (Å²) in [6.07, 6.45) is 2.03. The first kappa shape index (κ1) is 42.7. The second-order valence-corrected chi connectivity index (χ2v) is 14.2.